The second-order valence-electron chi connectivity index (χ2n) is 5.06. The highest BCUT2D eigenvalue weighted by Gasteiger charge is 2.00. The van der Waals surface area contributed by atoms with Crippen LogP contribution >= 0.6 is 0 Å². The van der Waals surface area contributed by atoms with Gasteiger partial charge in [-0.25, -0.2) is 0 Å². The molecule has 0 amide bonds. The second kappa shape index (κ2) is 8.98. The van der Waals surface area contributed by atoms with Crippen LogP contribution in [0.25, 0.3) is 0 Å². The van der Waals surface area contributed by atoms with Crippen LogP contribution in [0.5, 0.6) is 0 Å². The highest BCUT2D eigenvalue weighted by molar-refractivity contribution is 5.46. The molecule has 0 heterocycles. The minimum atomic E-state index is 0.626. The van der Waals surface area contributed by atoms with Gasteiger partial charge in [-0.2, -0.15) is 0 Å². The molecule has 0 atom stereocenters. The average Bonchev–Trinajstić information content (AvgIpc) is 2.42. The van der Waals surface area contributed by atoms with Crippen LogP contribution in [0, 0.1) is 0 Å². The molecular weight excluding hydrogens is 220 g/mol. The average molecular weight is 248 g/mol. The van der Waals surface area contributed by atoms with E-state index in [2.05, 4.69) is 43.1 Å². The molecule has 0 bridgehead atoms. The molecule has 18 heavy (non-hydrogen) atoms. The molecular formula is C16H28N2. The molecule has 0 saturated heterocycles. The third kappa shape index (κ3) is 5.54. The number of benzene rings is 1. The lowest BCUT2D eigenvalue weighted by molar-refractivity contribution is 0.606. The lowest BCUT2D eigenvalue weighted by atomic mass is 10.1. The molecule has 0 aromatic heterocycles. The van der Waals surface area contributed by atoms with E-state index in [0.29, 0.717) is 6.54 Å². The quantitative estimate of drug-likeness (QED) is 0.671. The van der Waals surface area contributed by atoms with E-state index in [4.69, 9.17) is 5.73 Å². The van der Waals surface area contributed by atoms with Crippen LogP contribution in [0.3, 0.4) is 0 Å². The van der Waals surface area contributed by atoms with Crippen LogP contribution in [0.15, 0.2) is 24.3 Å². The van der Waals surface area contributed by atoms with Gasteiger partial charge >= 0.3 is 0 Å². The van der Waals surface area contributed by atoms with E-state index in [9.17, 15) is 0 Å². The Balaban J connectivity index is 2.21. The third-order valence-electron chi connectivity index (χ3n) is 3.46. The van der Waals surface area contributed by atoms with E-state index in [1.54, 1.807) is 0 Å². The van der Waals surface area contributed by atoms with Crippen LogP contribution in [0.1, 0.15) is 51.0 Å². The van der Waals surface area contributed by atoms with Gasteiger partial charge in [-0.1, -0.05) is 51.2 Å². The van der Waals surface area contributed by atoms with Gasteiger partial charge in [0.25, 0.3) is 0 Å². The SMILES string of the molecule is CCCCCCCCN(C)c1ccc(CN)cc1. The highest BCUT2D eigenvalue weighted by Crippen LogP contribution is 2.15. The van der Waals surface area contributed by atoms with Gasteiger partial charge in [-0.3, -0.25) is 0 Å². The van der Waals surface area contributed by atoms with Crippen LogP contribution in [-0.2, 0) is 6.54 Å². The van der Waals surface area contributed by atoms with E-state index in [1.807, 2.05) is 0 Å². The smallest absolute Gasteiger partial charge is 0.0363 e. The Morgan fingerprint density at radius 2 is 1.56 bits per heavy atom. The van der Waals surface area contributed by atoms with Crippen molar-refractivity contribution in [2.75, 3.05) is 18.5 Å². The predicted molar refractivity (Wildman–Crippen MR) is 81.0 cm³/mol. The molecule has 0 aliphatic carbocycles. The molecule has 102 valence electrons. The Bertz CT molecular complexity index is 305. The molecule has 0 radical (unpaired) electrons. The highest BCUT2D eigenvalue weighted by atomic mass is 15.1. The van der Waals surface area contributed by atoms with E-state index in [-0.39, 0.29) is 0 Å². The molecule has 1 aromatic carbocycles. The Kier molecular flexibility index (Phi) is 7.51. The minimum absolute atomic E-state index is 0.626. The zero-order chi connectivity index (χ0) is 13.2. The van der Waals surface area contributed by atoms with Crippen LogP contribution in [0.4, 0.5) is 5.69 Å². The van der Waals surface area contributed by atoms with E-state index in [0.717, 1.165) is 6.54 Å². The molecule has 1 aromatic rings. The molecule has 0 saturated carbocycles. The molecule has 2 heteroatoms. The first-order valence-electron chi connectivity index (χ1n) is 7.28. The van der Waals surface area contributed by atoms with Crippen molar-refractivity contribution in [3.05, 3.63) is 29.8 Å². The molecule has 0 unspecified atom stereocenters. The Morgan fingerprint density at radius 3 is 2.17 bits per heavy atom. The predicted octanol–water partition coefficient (Wildman–Crippen LogP) is 3.94. The normalized spacial score (nSPS) is 10.6. The first-order chi connectivity index (χ1) is 8.77. The molecule has 1 rings (SSSR count). The van der Waals surface area contributed by atoms with Gasteiger partial charge in [0.15, 0.2) is 0 Å². The van der Waals surface area contributed by atoms with Crippen molar-refractivity contribution in [2.24, 2.45) is 5.73 Å². The van der Waals surface area contributed by atoms with Crippen molar-refractivity contribution in [3.63, 3.8) is 0 Å². The van der Waals surface area contributed by atoms with Crippen LogP contribution in [0.2, 0.25) is 0 Å². The molecule has 0 fully saturated rings. The summed E-state index contributed by atoms with van der Waals surface area (Å²) in [7, 11) is 2.17. The lowest BCUT2D eigenvalue weighted by Gasteiger charge is -2.19. The summed E-state index contributed by atoms with van der Waals surface area (Å²) in [6.07, 6.45) is 8.13. The molecule has 2 N–H and O–H groups in total. The first-order valence-corrected chi connectivity index (χ1v) is 7.28. The topological polar surface area (TPSA) is 29.3 Å². The van der Waals surface area contributed by atoms with E-state index in [1.165, 1.54) is 49.8 Å². The van der Waals surface area contributed by atoms with Gasteiger partial charge in [-0.05, 0) is 24.1 Å². The molecule has 0 spiro atoms. The largest absolute Gasteiger partial charge is 0.375 e. The third-order valence-corrected chi connectivity index (χ3v) is 3.46. The van der Waals surface area contributed by atoms with E-state index >= 15 is 0 Å². The monoisotopic (exact) mass is 248 g/mol. The minimum Gasteiger partial charge on any atom is -0.375 e. The first kappa shape index (κ1) is 15.0. The Morgan fingerprint density at radius 1 is 0.944 bits per heavy atom. The fraction of sp³-hybridized carbons (Fsp3) is 0.625. The summed E-state index contributed by atoms with van der Waals surface area (Å²) in [6, 6.07) is 8.57. The summed E-state index contributed by atoms with van der Waals surface area (Å²) in [4.78, 5) is 2.33. The summed E-state index contributed by atoms with van der Waals surface area (Å²) in [5, 5.41) is 0. The van der Waals surface area contributed by atoms with Gasteiger partial charge in [0.05, 0.1) is 0 Å². The number of anilines is 1. The van der Waals surface area contributed by atoms with Crippen LogP contribution in [-0.4, -0.2) is 13.6 Å². The molecule has 0 aliphatic heterocycles. The summed E-state index contributed by atoms with van der Waals surface area (Å²) in [5.74, 6) is 0. The van der Waals surface area contributed by atoms with Gasteiger partial charge in [0.2, 0.25) is 0 Å². The van der Waals surface area contributed by atoms with E-state index < -0.39 is 0 Å². The maximum atomic E-state index is 5.60. The van der Waals surface area contributed by atoms with Gasteiger partial charge < -0.3 is 10.6 Å². The van der Waals surface area contributed by atoms with Crippen molar-refractivity contribution in [3.8, 4) is 0 Å². The number of hydrogen-bond acceptors (Lipinski definition) is 2. The standard InChI is InChI=1S/C16H28N2/c1-3-4-5-6-7-8-13-18(2)16-11-9-15(14-17)10-12-16/h9-12H,3-8,13-14,17H2,1-2H3. The Hall–Kier alpha value is -1.02. The van der Waals surface area contributed by atoms with Gasteiger partial charge in [0.1, 0.15) is 0 Å². The zero-order valence-corrected chi connectivity index (χ0v) is 12.0. The molecule has 0 aliphatic rings. The summed E-state index contributed by atoms with van der Waals surface area (Å²) >= 11 is 0. The summed E-state index contributed by atoms with van der Waals surface area (Å²) < 4.78 is 0. The maximum absolute atomic E-state index is 5.60. The van der Waals surface area contributed by atoms with Gasteiger partial charge in [0, 0.05) is 25.8 Å². The van der Waals surface area contributed by atoms with Crippen molar-refractivity contribution < 1.29 is 0 Å². The number of nitrogens with two attached hydrogens (primary N) is 1. The maximum Gasteiger partial charge on any atom is 0.0363 e. The van der Waals surface area contributed by atoms with Crippen molar-refractivity contribution in [1.82, 2.24) is 0 Å². The number of hydrogen-bond donors (Lipinski definition) is 1. The second-order valence-corrected chi connectivity index (χ2v) is 5.06. The van der Waals surface area contributed by atoms with Crippen molar-refractivity contribution in [2.45, 2.75) is 52.0 Å². The number of rotatable bonds is 9. The fourth-order valence-corrected chi connectivity index (χ4v) is 2.14. The Labute approximate surface area is 112 Å². The van der Waals surface area contributed by atoms with Crippen molar-refractivity contribution in [1.29, 1.82) is 0 Å². The van der Waals surface area contributed by atoms with Crippen molar-refractivity contribution >= 4 is 5.69 Å². The summed E-state index contributed by atoms with van der Waals surface area (Å²) in [5.41, 5.74) is 8.09. The number of unbranched alkanes of at least 4 members (excludes halogenated alkanes) is 5. The molecule has 2 nitrogen and oxygen atoms in total. The lowest BCUT2D eigenvalue weighted by Crippen LogP contribution is -2.18. The fourth-order valence-electron chi connectivity index (χ4n) is 2.14. The van der Waals surface area contributed by atoms with Crippen LogP contribution < -0.4 is 10.6 Å². The summed E-state index contributed by atoms with van der Waals surface area (Å²) in [6.45, 7) is 4.04. The zero-order valence-electron chi connectivity index (χ0n) is 12.0. The van der Waals surface area contributed by atoms with Gasteiger partial charge in [-0.15, -0.1) is 0 Å². The number of nitrogens with zero attached hydrogens (tertiary/aromatic N) is 1.